The zero-order chi connectivity index (χ0) is 9.97. The lowest BCUT2D eigenvalue weighted by molar-refractivity contribution is 0.471. The maximum atomic E-state index is 5.50. The molecule has 1 unspecified atom stereocenters. The van der Waals surface area contributed by atoms with Crippen molar-refractivity contribution in [2.45, 2.75) is 32.2 Å². The van der Waals surface area contributed by atoms with Gasteiger partial charge in [0.2, 0.25) is 5.89 Å². The van der Waals surface area contributed by atoms with Gasteiger partial charge in [-0.3, -0.25) is 0 Å². The first-order chi connectivity index (χ1) is 6.81. The van der Waals surface area contributed by atoms with Crippen LogP contribution < -0.4 is 5.73 Å². The number of rotatable bonds is 2. The van der Waals surface area contributed by atoms with Crippen molar-refractivity contribution in [3.05, 3.63) is 17.3 Å². The van der Waals surface area contributed by atoms with E-state index in [0.29, 0.717) is 18.4 Å². The number of nitrogens with zero attached hydrogens (tertiary/aromatic N) is 1. The molecule has 2 rings (SSSR count). The van der Waals surface area contributed by atoms with E-state index in [1.165, 1.54) is 24.3 Å². The van der Waals surface area contributed by atoms with E-state index in [-0.39, 0.29) is 0 Å². The van der Waals surface area contributed by atoms with Gasteiger partial charge in [-0.05, 0) is 25.5 Å². The molecule has 2 N–H and O–H groups in total. The lowest BCUT2D eigenvalue weighted by atomic mass is 10.0. The van der Waals surface area contributed by atoms with E-state index in [2.05, 4.69) is 4.98 Å². The van der Waals surface area contributed by atoms with Gasteiger partial charge in [-0.2, -0.15) is 11.8 Å². The second-order valence-electron chi connectivity index (χ2n) is 3.67. The molecule has 1 saturated heterocycles. The number of hydrogen-bond donors (Lipinski definition) is 1. The normalized spacial score (nSPS) is 22.6. The molecule has 0 spiro atoms. The van der Waals surface area contributed by atoms with Gasteiger partial charge in [0.15, 0.2) is 0 Å². The summed E-state index contributed by atoms with van der Waals surface area (Å²) >= 11 is 2.01. The van der Waals surface area contributed by atoms with Gasteiger partial charge in [0, 0.05) is 11.7 Å². The molecule has 1 aliphatic rings. The lowest BCUT2D eigenvalue weighted by Gasteiger charge is -2.19. The number of aromatic nitrogens is 1. The van der Waals surface area contributed by atoms with Crippen LogP contribution in [-0.4, -0.2) is 16.5 Å². The summed E-state index contributed by atoms with van der Waals surface area (Å²) in [6.45, 7) is 2.39. The molecule has 14 heavy (non-hydrogen) atoms. The Balaban J connectivity index is 2.17. The number of nitrogens with two attached hydrogens (primary N) is 1. The summed E-state index contributed by atoms with van der Waals surface area (Å²) < 4.78 is 5.47. The predicted octanol–water partition coefficient (Wildman–Crippen LogP) is 2.05. The molecule has 1 aliphatic heterocycles. The van der Waals surface area contributed by atoms with Crippen LogP contribution >= 0.6 is 11.8 Å². The van der Waals surface area contributed by atoms with Crippen molar-refractivity contribution in [3.8, 4) is 0 Å². The average Bonchev–Trinajstić information content (AvgIpc) is 2.61. The van der Waals surface area contributed by atoms with E-state index in [1.807, 2.05) is 18.7 Å². The fourth-order valence-electron chi connectivity index (χ4n) is 1.89. The van der Waals surface area contributed by atoms with Gasteiger partial charge >= 0.3 is 0 Å². The SMILES string of the molecule is Cc1oc(CN)nc1C1CCCSC1. The first-order valence-electron chi connectivity index (χ1n) is 5.05. The summed E-state index contributed by atoms with van der Waals surface area (Å²) in [5.41, 5.74) is 6.64. The molecule has 2 heterocycles. The highest BCUT2D eigenvalue weighted by Crippen LogP contribution is 2.32. The maximum Gasteiger partial charge on any atom is 0.208 e. The van der Waals surface area contributed by atoms with E-state index < -0.39 is 0 Å². The molecule has 3 nitrogen and oxygen atoms in total. The van der Waals surface area contributed by atoms with Crippen molar-refractivity contribution in [2.24, 2.45) is 5.73 Å². The topological polar surface area (TPSA) is 52.0 Å². The van der Waals surface area contributed by atoms with Gasteiger partial charge in [0.25, 0.3) is 0 Å². The minimum atomic E-state index is 0.403. The van der Waals surface area contributed by atoms with Gasteiger partial charge in [-0.15, -0.1) is 0 Å². The van der Waals surface area contributed by atoms with Crippen LogP contribution in [0.4, 0.5) is 0 Å². The molecule has 0 aliphatic carbocycles. The first-order valence-corrected chi connectivity index (χ1v) is 6.20. The summed E-state index contributed by atoms with van der Waals surface area (Å²) in [5, 5.41) is 0. The fourth-order valence-corrected chi connectivity index (χ4v) is 3.03. The van der Waals surface area contributed by atoms with Crippen LogP contribution in [0, 0.1) is 6.92 Å². The summed E-state index contributed by atoms with van der Waals surface area (Å²) in [6, 6.07) is 0. The van der Waals surface area contributed by atoms with Crippen LogP contribution in [-0.2, 0) is 6.54 Å². The molecule has 1 aromatic rings. The molecule has 0 saturated carbocycles. The Morgan fingerprint density at radius 3 is 3.07 bits per heavy atom. The Morgan fingerprint density at radius 1 is 1.64 bits per heavy atom. The third-order valence-corrected chi connectivity index (χ3v) is 3.81. The number of thioether (sulfide) groups is 1. The Hall–Kier alpha value is -0.480. The quantitative estimate of drug-likeness (QED) is 0.815. The first kappa shape index (κ1) is 10.1. The zero-order valence-corrected chi connectivity index (χ0v) is 9.27. The van der Waals surface area contributed by atoms with Gasteiger partial charge in [-0.25, -0.2) is 4.98 Å². The van der Waals surface area contributed by atoms with Crippen LogP contribution in [0.25, 0.3) is 0 Å². The lowest BCUT2D eigenvalue weighted by Crippen LogP contribution is -2.10. The molecule has 0 amide bonds. The van der Waals surface area contributed by atoms with Crippen molar-refractivity contribution >= 4 is 11.8 Å². The predicted molar refractivity (Wildman–Crippen MR) is 58.4 cm³/mol. The summed E-state index contributed by atoms with van der Waals surface area (Å²) in [7, 11) is 0. The minimum absolute atomic E-state index is 0.403. The highest BCUT2D eigenvalue weighted by atomic mass is 32.2. The number of aryl methyl sites for hydroxylation is 1. The van der Waals surface area contributed by atoms with Gasteiger partial charge < -0.3 is 10.2 Å². The molecule has 0 bridgehead atoms. The fraction of sp³-hybridized carbons (Fsp3) is 0.700. The molecule has 0 aromatic carbocycles. The summed E-state index contributed by atoms with van der Waals surface area (Å²) in [6.07, 6.45) is 2.53. The third kappa shape index (κ3) is 1.96. The third-order valence-electron chi connectivity index (χ3n) is 2.60. The second kappa shape index (κ2) is 4.36. The van der Waals surface area contributed by atoms with Crippen LogP contribution in [0.5, 0.6) is 0 Å². The summed E-state index contributed by atoms with van der Waals surface area (Å²) in [5.74, 6) is 4.68. The Bertz CT molecular complexity index is 305. The van der Waals surface area contributed by atoms with Crippen molar-refractivity contribution in [2.75, 3.05) is 11.5 Å². The molecule has 0 radical (unpaired) electrons. The maximum absolute atomic E-state index is 5.50. The monoisotopic (exact) mass is 212 g/mol. The van der Waals surface area contributed by atoms with Crippen molar-refractivity contribution in [1.29, 1.82) is 0 Å². The molecule has 78 valence electrons. The van der Waals surface area contributed by atoms with E-state index in [1.54, 1.807) is 0 Å². The van der Waals surface area contributed by atoms with Gasteiger partial charge in [0.05, 0.1) is 12.2 Å². The van der Waals surface area contributed by atoms with Crippen LogP contribution in [0.1, 0.15) is 36.1 Å². The van der Waals surface area contributed by atoms with Crippen LogP contribution in [0.3, 0.4) is 0 Å². The molecule has 1 fully saturated rings. The molecule has 1 aromatic heterocycles. The standard InChI is InChI=1S/C10H16N2OS/c1-7-10(12-9(5-11)13-7)8-3-2-4-14-6-8/h8H,2-6,11H2,1H3. The van der Waals surface area contributed by atoms with Crippen molar-refractivity contribution in [1.82, 2.24) is 4.98 Å². The highest BCUT2D eigenvalue weighted by Gasteiger charge is 2.21. The molecule has 4 heteroatoms. The van der Waals surface area contributed by atoms with Crippen molar-refractivity contribution < 1.29 is 4.42 Å². The minimum Gasteiger partial charge on any atom is -0.444 e. The largest absolute Gasteiger partial charge is 0.444 e. The smallest absolute Gasteiger partial charge is 0.208 e. The van der Waals surface area contributed by atoms with Crippen molar-refractivity contribution in [3.63, 3.8) is 0 Å². The van der Waals surface area contributed by atoms with E-state index in [0.717, 1.165) is 11.5 Å². The Kier molecular flexibility index (Phi) is 3.13. The molecule has 1 atom stereocenters. The molecular formula is C10H16N2OS. The summed E-state index contributed by atoms with van der Waals surface area (Å²) in [4.78, 5) is 4.45. The van der Waals surface area contributed by atoms with E-state index in [9.17, 15) is 0 Å². The molecular weight excluding hydrogens is 196 g/mol. The van der Waals surface area contributed by atoms with Crippen LogP contribution in [0.2, 0.25) is 0 Å². The van der Waals surface area contributed by atoms with Crippen LogP contribution in [0.15, 0.2) is 4.42 Å². The van der Waals surface area contributed by atoms with Gasteiger partial charge in [0.1, 0.15) is 5.76 Å². The van der Waals surface area contributed by atoms with E-state index >= 15 is 0 Å². The Morgan fingerprint density at radius 2 is 2.50 bits per heavy atom. The average molecular weight is 212 g/mol. The Labute approximate surface area is 88.5 Å². The second-order valence-corrected chi connectivity index (χ2v) is 4.82. The zero-order valence-electron chi connectivity index (χ0n) is 8.45. The number of oxazole rings is 1. The number of hydrogen-bond acceptors (Lipinski definition) is 4. The highest BCUT2D eigenvalue weighted by molar-refractivity contribution is 7.99. The van der Waals surface area contributed by atoms with Gasteiger partial charge in [-0.1, -0.05) is 0 Å². The van der Waals surface area contributed by atoms with E-state index in [4.69, 9.17) is 10.2 Å².